The van der Waals surface area contributed by atoms with E-state index in [1.54, 1.807) is 25.3 Å². The molecule has 0 radical (unpaired) electrons. The minimum atomic E-state index is -0.542. The second kappa shape index (κ2) is 8.25. The summed E-state index contributed by atoms with van der Waals surface area (Å²) in [7, 11) is 1.58. The summed E-state index contributed by atoms with van der Waals surface area (Å²) in [6.45, 7) is 7.15. The molecule has 0 aromatic heterocycles. The van der Waals surface area contributed by atoms with Crippen LogP contribution in [0.2, 0.25) is 0 Å². The van der Waals surface area contributed by atoms with Crippen LogP contribution in [0.4, 0.5) is 0 Å². The smallest absolute Gasteiger partial charge is 0.260 e. The van der Waals surface area contributed by atoms with Crippen LogP contribution >= 0.6 is 0 Å². The monoisotopic (exact) mass is 423 g/mol. The summed E-state index contributed by atoms with van der Waals surface area (Å²) in [4.78, 5) is 27.3. The van der Waals surface area contributed by atoms with Crippen molar-refractivity contribution in [3.8, 4) is 17.2 Å². The normalized spacial score (nSPS) is 17.2. The molecule has 2 heterocycles. The Hall–Kier alpha value is -3.02. The predicted molar refractivity (Wildman–Crippen MR) is 117 cm³/mol. The van der Waals surface area contributed by atoms with Gasteiger partial charge in [0.1, 0.15) is 22.8 Å². The third-order valence-electron chi connectivity index (χ3n) is 6.54. The van der Waals surface area contributed by atoms with Crippen molar-refractivity contribution in [2.45, 2.75) is 45.6 Å². The number of methoxy groups -OCH3 is 1. The van der Waals surface area contributed by atoms with Gasteiger partial charge < -0.3 is 19.1 Å². The van der Waals surface area contributed by atoms with E-state index in [2.05, 4.69) is 6.07 Å². The Balaban J connectivity index is 1.38. The minimum absolute atomic E-state index is 0.0144. The van der Waals surface area contributed by atoms with Gasteiger partial charge in [-0.1, -0.05) is 12.1 Å². The van der Waals surface area contributed by atoms with Crippen molar-refractivity contribution in [3.05, 3.63) is 52.6 Å². The van der Waals surface area contributed by atoms with Gasteiger partial charge in [-0.3, -0.25) is 9.59 Å². The highest BCUT2D eigenvalue weighted by Crippen LogP contribution is 2.40. The Kier molecular flexibility index (Phi) is 5.65. The number of rotatable bonds is 4. The van der Waals surface area contributed by atoms with Crippen LogP contribution < -0.4 is 14.2 Å². The molecular formula is C25H29NO5. The second-order valence-electron chi connectivity index (χ2n) is 8.57. The molecule has 0 aliphatic carbocycles. The average molecular weight is 424 g/mol. The van der Waals surface area contributed by atoms with Crippen molar-refractivity contribution in [1.82, 2.24) is 4.90 Å². The van der Waals surface area contributed by atoms with Crippen LogP contribution in [0.15, 0.2) is 30.3 Å². The van der Waals surface area contributed by atoms with Crippen molar-refractivity contribution in [2.75, 3.05) is 26.8 Å². The van der Waals surface area contributed by atoms with Crippen LogP contribution in [0, 0.1) is 20.8 Å². The summed E-state index contributed by atoms with van der Waals surface area (Å²) in [5.41, 5.74) is 3.26. The number of nitrogens with zero attached hydrogens (tertiary/aromatic N) is 1. The zero-order valence-corrected chi connectivity index (χ0v) is 18.6. The van der Waals surface area contributed by atoms with Crippen LogP contribution in [-0.4, -0.2) is 49.0 Å². The topological polar surface area (TPSA) is 65.1 Å². The molecule has 2 aromatic carbocycles. The lowest BCUT2D eigenvalue weighted by Gasteiger charge is -2.44. The van der Waals surface area contributed by atoms with Crippen molar-refractivity contribution < 1.29 is 23.8 Å². The Bertz CT molecular complexity index is 1020. The Morgan fingerprint density at radius 1 is 1.10 bits per heavy atom. The molecule has 2 aliphatic heterocycles. The number of aryl methyl sites for hydroxylation is 2. The van der Waals surface area contributed by atoms with Crippen molar-refractivity contribution in [2.24, 2.45) is 0 Å². The van der Waals surface area contributed by atoms with E-state index in [1.165, 1.54) is 0 Å². The SMILES string of the molecule is COc1ccc2c(c1)C(=O)CC1(CCN(C(=O)COc3c(C)ccc(C)c3C)CC1)O2. The molecule has 0 atom stereocenters. The van der Waals surface area contributed by atoms with Crippen molar-refractivity contribution >= 4 is 11.7 Å². The number of Topliss-reactive ketones (excluding diaryl/α,β-unsaturated/α-hetero) is 1. The van der Waals surface area contributed by atoms with Crippen LogP contribution in [0.1, 0.15) is 46.3 Å². The highest BCUT2D eigenvalue weighted by molar-refractivity contribution is 6.00. The summed E-state index contributed by atoms with van der Waals surface area (Å²) in [5.74, 6) is 2.06. The summed E-state index contributed by atoms with van der Waals surface area (Å²) in [6.07, 6.45) is 1.57. The molecule has 1 amide bonds. The first-order valence-corrected chi connectivity index (χ1v) is 10.7. The number of hydrogen-bond acceptors (Lipinski definition) is 5. The summed E-state index contributed by atoms with van der Waals surface area (Å²) in [6, 6.07) is 9.40. The molecular weight excluding hydrogens is 394 g/mol. The zero-order valence-electron chi connectivity index (χ0n) is 18.6. The molecule has 0 unspecified atom stereocenters. The van der Waals surface area contributed by atoms with Crippen LogP contribution in [0.5, 0.6) is 17.2 Å². The fourth-order valence-electron chi connectivity index (χ4n) is 4.42. The maximum Gasteiger partial charge on any atom is 0.260 e. The molecule has 2 aliphatic rings. The van der Waals surface area contributed by atoms with Crippen LogP contribution in [0.25, 0.3) is 0 Å². The van der Waals surface area contributed by atoms with E-state index in [9.17, 15) is 9.59 Å². The fraction of sp³-hybridized carbons (Fsp3) is 0.440. The van der Waals surface area contributed by atoms with Gasteiger partial charge in [0.2, 0.25) is 0 Å². The molecule has 1 spiro atoms. The number of carbonyl (C=O) groups excluding carboxylic acids is 2. The zero-order chi connectivity index (χ0) is 22.2. The largest absolute Gasteiger partial charge is 0.497 e. The van der Waals surface area contributed by atoms with Crippen molar-refractivity contribution in [3.63, 3.8) is 0 Å². The Morgan fingerprint density at radius 2 is 1.81 bits per heavy atom. The molecule has 1 fully saturated rings. The maximum absolute atomic E-state index is 12.8. The molecule has 6 nitrogen and oxygen atoms in total. The van der Waals surface area contributed by atoms with Gasteiger partial charge in [-0.15, -0.1) is 0 Å². The lowest BCUT2D eigenvalue weighted by Crippen LogP contribution is -2.53. The van der Waals surface area contributed by atoms with E-state index in [0.717, 1.165) is 22.4 Å². The molecule has 0 N–H and O–H groups in total. The van der Waals surface area contributed by atoms with E-state index in [1.807, 2.05) is 31.7 Å². The van der Waals surface area contributed by atoms with Crippen LogP contribution in [-0.2, 0) is 4.79 Å². The molecule has 0 saturated carbocycles. The number of ketones is 1. The highest BCUT2D eigenvalue weighted by atomic mass is 16.5. The Morgan fingerprint density at radius 3 is 2.52 bits per heavy atom. The van der Waals surface area contributed by atoms with E-state index in [4.69, 9.17) is 14.2 Å². The number of ether oxygens (including phenoxy) is 3. The number of benzene rings is 2. The third-order valence-corrected chi connectivity index (χ3v) is 6.54. The van der Waals surface area contributed by atoms with Gasteiger partial charge in [-0.05, 0) is 55.7 Å². The van der Waals surface area contributed by atoms with E-state index in [0.29, 0.717) is 49.4 Å². The van der Waals surface area contributed by atoms with Gasteiger partial charge in [-0.25, -0.2) is 0 Å². The van der Waals surface area contributed by atoms with Gasteiger partial charge in [-0.2, -0.15) is 0 Å². The molecule has 4 rings (SSSR count). The lowest BCUT2D eigenvalue weighted by molar-refractivity contribution is -0.136. The van der Waals surface area contributed by atoms with Gasteiger partial charge in [0.25, 0.3) is 5.91 Å². The molecule has 2 aromatic rings. The van der Waals surface area contributed by atoms with Crippen LogP contribution in [0.3, 0.4) is 0 Å². The molecule has 0 bridgehead atoms. The first-order valence-electron chi connectivity index (χ1n) is 10.7. The average Bonchev–Trinajstić information content (AvgIpc) is 2.76. The summed E-state index contributed by atoms with van der Waals surface area (Å²) >= 11 is 0. The number of amides is 1. The number of piperidine rings is 1. The first-order chi connectivity index (χ1) is 14.8. The molecule has 31 heavy (non-hydrogen) atoms. The summed E-state index contributed by atoms with van der Waals surface area (Å²) in [5, 5.41) is 0. The van der Waals surface area contributed by atoms with Gasteiger partial charge in [0.15, 0.2) is 12.4 Å². The number of fused-ring (bicyclic) bond motifs is 1. The quantitative estimate of drug-likeness (QED) is 0.743. The fourth-order valence-corrected chi connectivity index (χ4v) is 4.42. The van der Waals surface area contributed by atoms with E-state index < -0.39 is 5.60 Å². The van der Waals surface area contributed by atoms with Gasteiger partial charge in [0.05, 0.1) is 19.1 Å². The van der Waals surface area contributed by atoms with Crippen molar-refractivity contribution in [1.29, 1.82) is 0 Å². The third kappa shape index (κ3) is 4.11. The standard InChI is InChI=1S/C25H29NO5/c1-16-5-6-17(2)24(18(16)3)30-15-23(28)26-11-9-25(10-12-26)14-21(27)20-13-19(29-4)7-8-22(20)31-25/h5-8,13H,9-12,14-15H2,1-4H3. The molecule has 1 saturated heterocycles. The van der Waals surface area contributed by atoms with Gasteiger partial charge >= 0.3 is 0 Å². The lowest BCUT2D eigenvalue weighted by atomic mass is 9.82. The molecule has 6 heteroatoms. The second-order valence-corrected chi connectivity index (χ2v) is 8.57. The van der Waals surface area contributed by atoms with E-state index >= 15 is 0 Å². The minimum Gasteiger partial charge on any atom is -0.497 e. The highest BCUT2D eigenvalue weighted by Gasteiger charge is 2.43. The predicted octanol–water partition coefficient (Wildman–Crippen LogP) is 4.03. The Labute approximate surface area is 183 Å². The maximum atomic E-state index is 12.8. The number of hydrogen-bond donors (Lipinski definition) is 0. The van der Waals surface area contributed by atoms with E-state index in [-0.39, 0.29) is 18.3 Å². The molecule has 164 valence electrons. The number of carbonyl (C=O) groups is 2. The summed E-state index contributed by atoms with van der Waals surface area (Å²) < 4.78 is 17.4. The number of likely N-dealkylation sites (tertiary alicyclic amines) is 1. The first kappa shape index (κ1) is 21.2. The van der Waals surface area contributed by atoms with Gasteiger partial charge in [0, 0.05) is 25.9 Å².